The van der Waals surface area contributed by atoms with Gasteiger partial charge in [-0.3, -0.25) is 14.6 Å². The first-order valence-corrected chi connectivity index (χ1v) is 6.41. The molecule has 0 aliphatic rings. The Kier molecular flexibility index (Phi) is 6.42. The van der Waals surface area contributed by atoms with Crippen molar-refractivity contribution >= 4 is 11.9 Å². The second kappa shape index (κ2) is 8.08. The van der Waals surface area contributed by atoms with E-state index in [4.69, 9.17) is 14.2 Å². The molecule has 0 saturated heterocycles. The number of carbonyl (C=O) groups is 2. The molecule has 1 rings (SSSR count). The summed E-state index contributed by atoms with van der Waals surface area (Å²) >= 11 is 0. The third kappa shape index (κ3) is 4.18. The zero-order valence-corrected chi connectivity index (χ0v) is 11.8. The van der Waals surface area contributed by atoms with E-state index in [1.54, 1.807) is 20.8 Å². The molecule has 20 heavy (non-hydrogen) atoms. The van der Waals surface area contributed by atoms with E-state index in [0.29, 0.717) is 6.61 Å². The van der Waals surface area contributed by atoms with Gasteiger partial charge in [0.2, 0.25) is 5.88 Å². The predicted molar refractivity (Wildman–Crippen MR) is 69.2 cm³/mol. The average Bonchev–Trinajstić information content (AvgIpc) is 2.40. The third-order valence-electron chi connectivity index (χ3n) is 2.26. The van der Waals surface area contributed by atoms with Crippen LogP contribution >= 0.6 is 0 Å². The van der Waals surface area contributed by atoms with Gasteiger partial charge in [-0.05, 0) is 20.8 Å². The fourth-order valence-corrected chi connectivity index (χ4v) is 1.51. The van der Waals surface area contributed by atoms with Crippen LogP contribution in [0.1, 0.15) is 32.4 Å². The van der Waals surface area contributed by atoms with Gasteiger partial charge in [0, 0.05) is 0 Å². The van der Waals surface area contributed by atoms with E-state index in [0.717, 1.165) is 0 Å². The van der Waals surface area contributed by atoms with Gasteiger partial charge in [0.05, 0.1) is 37.9 Å². The van der Waals surface area contributed by atoms with Crippen LogP contribution in [0.3, 0.4) is 0 Å². The maximum absolute atomic E-state index is 11.9. The minimum atomic E-state index is -1.25. The second-order valence-electron chi connectivity index (χ2n) is 3.65. The lowest BCUT2D eigenvalue weighted by molar-refractivity contribution is -0.157. The maximum Gasteiger partial charge on any atom is 0.326 e. The third-order valence-corrected chi connectivity index (χ3v) is 2.26. The van der Waals surface area contributed by atoms with E-state index in [-0.39, 0.29) is 24.8 Å². The average molecular weight is 282 g/mol. The lowest BCUT2D eigenvalue weighted by Gasteiger charge is -2.14. The van der Waals surface area contributed by atoms with Crippen LogP contribution in [0.25, 0.3) is 0 Å². The molecular formula is C13H18N2O5. The summed E-state index contributed by atoms with van der Waals surface area (Å²) in [5.41, 5.74) is 0.146. The summed E-state index contributed by atoms with van der Waals surface area (Å²) in [6.45, 7) is 5.83. The Morgan fingerprint density at radius 2 is 1.65 bits per heavy atom. The van der Waals surface area contributed by atoms with Crippen molar-refractivity contribution in [2.24, 2.45) is 0 Å². The Bertz CT molecular complexity index is 446. The molecule has 0 unspecified atom stereocenters. The zero-order valence-electron chi connectivity index (χ0n) is 11.8. The molecule has 0 saturated carbocycles. The fraction of sp³-hybridized carbons (Fsp3) is 0.538. The van der Waals surface area contributed by atoms with Crippen LogP contribution < -0.4 is 4.74 Å². The van der Waals surface area contributed by atoms with Crippen molar-refractivity contribution in [1.29, 1.82) is 0 Å². The molecule has 0 fully saturated rings. The van der Waals surface area contributed by atoms with Gasteiger partial charge >= 0.3 is 11.9 Å². The van der Waals surface area contributed by atoms with Crippen LogP contribution in [0, 0.1) is 0 Å². The topological polar surface area (TPSA) is 87.6 Å². The monoisotopic (exact) mass is 282 g/mol. The van der Waals surface area contributed by atoms with Gasteiger partial charge in [-0.25, -0.2) is 4.98 Å². The highest BCUT2D eigenvalue weighted by molar-refractivity contribution is 6.00. The largest absolute Gasteiger partial charge is 0.477 e. The first-order chi connectivity index (χ1) is 9.63. The van der Waals surface area contributed by atoms with Gasteiger partial charge in [-0.2, -0.15) is 0 Å². The second-order valence-corrected chi connectivity index (χ2v) is 3.65. The number of esters is 2. The van der Waals surface area contributed by atoms with Gasteiger partial charge in [-0.1, -0.05) is 0 Å². The zero-order chi connectivity index (χ0) is 15.0. The van der Waals surface area contributed by atoms with Crippen molar-refractivity contribution in [2.45, 2.75) is 26.7 Å². The summed E-state index contributed by atoms with van der Waals surface area (Å²) in [5.74, 6) is -2.44. The van der Waals surface area contributed by atoms with E-state index < -0.39 is 17.9 Å². The standard InChI is InChI=1S/C13H18N2O5/c1-4-18-10-8-14-7-9(15-10)11(12(16)19-5-2)13(17)20-6-3/h7-8,11H,4-6H2,1-3H3. The van der Waals surface area contributed by atoms with Crippen LogP contribution in [-0.4, -0.2) is 41.7 Å². The van der Waals surface area contributed by atoms with Crippen LogP contribution in [-0.2, 0) is 19.1 Å². The minimum absolute atomic E-state index is 0.146. The Morgan fingerprint density at radius 1 is 1.05 bits per heavy atom. The summed E-state index contributed by atoms with van der Waals surface area (Å²) in [6, 6.07) is 0. The molecule has 1 aromatic rings. The molecule has 7 nitrogen and oxygen atoms in total. The maximum atomic E-state index is 11.9. The van der Waals surface area contributed by atoms with Crippen LogP contribution in [0.4, 0.5) is 0 Å². The normalized spacial score (nSPS) is 10.2. The molecule has 0 spiro atoms. The molecule has 0 bridgehead atoms. The molecule has 1 aromatic heterocycles. The number of rotatable bonds is 7. The lowest BCUT2D eigenvalue weighted by atomic mass is 10.1. The SMILES string of the molecule is CCOC(=O)C(C(=O)OCC)c1cncc(OCC)n1. The molecule has 1 heterocycles. The van der Waals surface area contributed by atoms with E-state index in [2.05, 4.69) is 9.97 Å². The molecule has 0 N–H and O–H groups in total. The van der Waals surface area contributed by atoms with Gasteiger partial charge in [0.25, 0.3) is 0 Å². The van der Waals surface area contributed by atoms with Crippen LogP contribution in [0.15, 0.2) is 12.4 Å². The van der Waals surface area contributed by atoms with Crippen LogP contribution in [0.5, 0.6) is 5.88 Å². The summed E-state index contributed by atoms with van der Waals surface area (Å²) < 4.78 is 15.0. The highest BCUT2D eigenvalue weighted by Crippen LogP contribution is 2.19. The molecule has 7 heteroatoms. The molecule has 0 atom stereocenters. The number of nitrogens with zero attached hydrogens (tertiary/aromatic N) is 2. The van der Waals surface area contributed by atoms with Gasteiger partial charge < -0.3 is 14.2 Å². The number of aromatic nitrogens is 2. The molecule has 0 radical (unpaired) electrons. The van der Waals surface area contributed by atoms with Crippen LogP contribution in [0.2, 0.25) is 0 Å². The predicted octanol–water partition coefficient (Wildman–Crippen LogP) is 1.09. The summed E-state index contributed by atoms with van der Waals surface area (Å²) in [4.78, 5) is 31.8. The van der Waals surface area contributed by atoms with E-state index >= 15 is 0 Å². The van der Waals surface area contributed by atoms with Gasteiger partial charge in [0.1, 0.15) is 0 Å². The highest BCUT2D eigenvalue weighted by atomic mass is 16.6. The molecule has 0 aromatic carbocycles. The molecule has 0 aliphatic carbocycles. The van der Waals surface area contributed by atoms with Crippen molar-refractivity contribution in [3.8, 4) is 5.88 Å². The Labute approximate surface area is 117 Å². The first-order valence-electron chi connectivity index (χ1n) is 6.41. The summed E-state index contributed by atoms with van der Waals surface area (Å²) in [7, 11) is 0. The number of hydrogen-bond acceptors (Lipinski definition) is 7. The smallest absolute Gasteiger partial charge is 0.326 e. The van der Waals surface area contributed by atoms with Crippen molar-refractivity contribution in [2.75, 3.05) is 19.8 Å². The van der Waals surface area contributed by atoms with Crippen molar-refractivity contribution in [3.63, 3.8) is 0 Å². The summed E-state index contributed by atoms with van der Waals surface area (Å²) in [6.07, 6.45) is 2.72. The molecule has 110 valence electrons. The molecule has 0 aliphatic heterocycles. The fourth-order valence-electron chi connectivity index (χ4n) is 1.51. The quantitative estimate of drug-likeness (QED) is 0.546. The number of hydrogen-bond donors (Lipinski definition) is 0. The number of ether oxygens (including phenoxy) is 3. The Hall–Kier alpha value is -2.18. The van der Waals surface area contributed by atoms with Crippen molar-refractivity contribution < 1.29 is 23.8 Å². The minimum Gasteiger partial charge on any atom is -0.477 e. The number of carbonyl (C=O) groups excluding carboxylic acids is 2. The highest BCUT2D eigenvalue weighted by Gasteiger charge is 2.33. The van der Waals surface area contributed by atoms with Gasteiger partial charge in [0.15, 0.2) is 5.92 Å². The van der Waals surface area contributed by atoms with E-state index in [9.17, 15) is 9.59 Å². The van der Waals surface area contributed by atoms with E-state index in [1.165, 1.54) is 12.4 Å². The van der Waals surface area contributed by atoms with E-state index in [1.807, 2.05) is 0 Å². The van der Waals surface area contributed by atoms with Gasteiger partial charge in [-0.15, -0.1) is 0 Å². The van der Waals surface area contributed by atoms with Crippen molar-refractivity contribution in [3.05, 3.63) is 18.1 Å². The molecule has 0 amide bonds. The molecular weight excluding hydrogens is 264 g/mol. The Morgan fingerprint density at radius 3 is 2.15 bits per heavy atom. The first kappa shape index (κ1) is 15.9. The summed E-state index contributed by atoms with van der Waals surface area (Å²) in [5, 5.41) is 0. The van der Waals surface area contributed by atoms with Crippen molar-refractivity contribution in [1.82, 2.24) is 9.97 Å². The lowest BCUT2D eigenvalue weighted by Crippen LogP contribution is -2.27. The Balaban J connectivity index is 3.05.